The highest BCUT2D eigenvalue weighted by Crippen LogP contribution is 2.16. The maximum Gasteiger partial charge on any atom is 0.320 e. The van der Waals surface area contributed by atoms with Crippen LogP contribution in [-0.2, 0) is 20.8 Å². The quantitative estimate of drug-likeness (QED) is 0.489. The molecule has 0 amide bonds. The summed E-state index contributed by atoms with van der Waals surface area (Å²) in [6.07, 6.45) is 0.396. The lowest BCUT2D eigenvalue weighted by atomic mass is 10.1. The number of benzene rings is 1. The van der Waals surface area contributed by atoms with Crippen LogP contribution in [-0.4, -0.2) is 66.8 Å². The second-order valence-corrected chi connectivity index (χ2v) is 7.91. The fourth-order valence-electron chi connectivity index (χ4n) is 3.18. The minimum atomic E-state index is -0.466. The Balaban J connectivity index is 0.00000204. The first-order valence-electron chi connectivity index (χ1n) is 10.5. The van der Waals surface area contributed by atoms with E-state index in [1.54, 1.807) is 0 Å². The van der Waals surface area contributed by atoms with Crippen molar-refractivity contribution in [1.29, 1.82) is 5.26 Å². The Kier molecular flexibility index (Phi) is 11.5. The van der Waals surface area contributed by atoms with Crippen LogP contribution in [0.15, 0.2) is 30.3 Å². The molecule has 1 saturated heterocycles. The molecule has 6 nitrogen and oxygen atoms in total. The number of carbonyl (C=O) groups is 1. The number of hydrogen-bond donors (Lipinski definition) is 0. The molecule has 6 heteroatoms. The van der Waals surface area contributed by atoms with Gasteiger partial charge in [0.25, 0.3) is 0 Å². The molecular weight excluding hydrogens is 366 g/mol. The minimum Gasteiger partial charge on any atom is -0.459 e. The van der Waals surface area contributed by atoms with Crippen molar-refractivity contribution in [3.8, 4) is 6.07 Å². The lowest BCUT2D eigenvalue weighted by Crippen LogP contribution is -2.55. The molecule has 1 heterocycles. The van der Waals surface area contributed by atoms with Gasteiger partial charge in [-0.05, 0) is 26.3 Å². The van der Waals surface area contributed by atoms with E-state index in [1.165, 1.54) is 5.56 Å². The number of nitrogens with zero attached hydrogens (tertiary/aromatic N) is 3. The lowest BCUT2D eigenvalue weighted by Gasteiger charge is -2.41. The van der Waals surface area contributed by atoms with Gasteiger partial charge in [-0.1, -0.05) is 44.2 Å². The van der Waals surface area contributed by atoms with Crippen LogP contribution in [0, 0.1) is 11.3 Å². The Morgan fingerprint density at radius 1 is 1.21 bits per heavy atom. The van der Waals surface area contributed by atoms with Crippen molar-refractivity contribution in [3.63, 3.8) is 0 Å². The summed E-state index contributed by atoms with van der Waals surface area (Å²) in [5.74, 6) is -0.192. The molecule has 2 rings (SSSR count). The molecule has 1 aliphatic rings. The maximum atomic E-state index is 12.2. The van der Waals surface area contributed by atoms with E-state index in [4.69, 9.17) is 14.7 Å². The van der Waals surface area contributed by atoms with Crippen LogP contribution in [0.2, 0.25) is 0 Å². The molecule has 0 bridgehead atoms. The predicted molar refractivity (Wildman–Crippen MR) is 115 cm³/mol. The van der Waals surface area contributed by atoms with Crippen LogP contribution in [0.5, 0.6) is 0 Å². The molecule has 1 atom stereocenters. The molecule has 1 fully saturated rings. The minimum absolute atomic E-state index is 0.181. The van der Waals surface area contributed by atoms with Gasteiger partial charge in [0, 0.05) is 32.2 Å². The van der Waals surface area contributed by atoms with Gasteiger partial charge in [-0.3, -0.25) is 14.6 Å². The second kappa shape index (κ2) is 13.3. The first-order chi connectivity index (χ1) is 13.9. The fraction of sp³-hybridized carbons (Fsp3) is 0.652. The first kappa shape index (κ1) is 25.1. The number of esters is 1. The van der Waals surface area contributed by atoms with Crippen molar-refractivity contribution in [2.24, 2.45) is 0 Å². The van der Waals surface area contributed by atoms with Crippen molar-refractivity contribution in [1.82, 2.24) is 9.80 Å². The van der Waals surface area contributed by atoms with E-state index in [0.717, 1.165) is 26.2 Å². The highest BCUT2D eigenvalue weighted by Gasteiger charge is 2.29. The topological polar surface area (TPSA) is 65.8 Å². The number of rotatable bonds is 8. The van der Waals surface area contributed by atoms with Crippen molar-refractivity contribution in [2.75, 3.05) is 39.4 Å². The summed E-state index contributed by atoms with van der Waals surface area (Å²) in [7, 11) is 0. The number of nitriles is 1. The zero-order valence-electron chi connectivity index (χ0n) is 18.7. The van der Waals surface area contributed by atoms with E-state index < -0.39 is 5.60 Å². The Bertz CT molecular complexity index is 622. The summed E-state index contributed by atoms with van der Waals surface area (Å²) in [4.78, 5) is 16.7. The van der Waals surface area contributed by atoms with Crippen LogP contribution in [0.1, 0.15) is 46.6 Å². The highest BCUT2D eigenvalue weighted by molar-refractivity contribution is 5.72. The number of carbonyl (C=O) groups excluding carboxylic acids is 1. The van der Waals surface area contributed by atoms with Crippen molar-refractivity contribution < 1.29 is 14.3 Å². The SMILES string of the molecule is CC.CC(C)(C)OC(=O)CN1CCN(Cc2ccccc2)C(COCCC#N)C1. The summed E-state index contributed by atoms with van der Waals surface area (Å²) >= 11 is 0. The van der Waals surface area contributed by atoms with Crippen molar-refractivity contribution >= 4 is 5.97 Å². The molecule has 0 aromatic heterocycles. The average molecular weight is 404 g/mol. The molecule has 0 spiro atoms. The molecule has 1 aliphatic heterocycles. The predicted octanol–water partition coefficient (Wildman–Crippen LogP) is 3.47. The zero-order valence-corrected chi connectivity index (χ0v) is 18.7. The third-order valence-corrected chi connectivity index (χ3v) is 4.36. The van der Waals surface area contributed by atoms with Crippen LogP contribution in [0.25, 0.3) is 0 Å². The molecule has 1 unspecified atom stereocenters. The van der Waals surface area contributed by atoms with E-state index in [0.29, 0.717) is 26.2 Å². The monoisotopic (exact) mass is 403 g/mol. The fourth-order valence-corrected chi connectivity index (χ4v) is 3.18. The van der Waals surface area contributed by atoms with Crippen LogP contribution >= 0.6 is 0 Å². The Labute approximate surface area is 176 Å². The first-order valence-corrected chi connectivity index (χ1v) is 10.5. The van der Waals surface area contributed by atoms with Crippen molar-refractivity contribution in [3.05, 3.63) is 35.9 Å². The largest absolute Gasteiger partial charge is 0.459 e. The summed E-state index contributed by atoms with van der Waals surface area (Å²) < 4.78 is 11.2. The summed E-state index contributed by atoms with van der Waals surface area (Å²) in [6.45, 7) is 14.2. The summed E-state index contributed by atoms with van der Waals surface area (Å²) in [5, 5.41) is 8.68. The van der Waals surface area contributed by atoms with Crippen LogP contribution < -0.4 is 0 Å². The van der Waals surface area contributed by atoms with E-state index in [2.05, 4.69) is 28.0 Å². The average Bonchev–Trinajstić information content (AvgIpc) is 2.68. The van der Waals surface area contributed by atoms with Gasteiger partial charge in [0.05, 0.1) is 32.2 Å². The number of hydrogen-bond acceptors (Lipinski definition) is 6. The summed E-state index contributed by atoms with van der Waals surface area (Å²) in [5.41, 5.74) is 0.798. The maximum absolute atomic E-state index is 12.2. The van der Waals surface area contributed by atoms with Gasteiger partial charge in [0.1, 0.15) is 5.60 Å². The van der Waals surface area contributed by atoms with Gasteiger partial charge in [0.2, 0.25) is 0 Å². The van der Waals surface area contributed by atoms with Gasteiger partial charge in [0.15, 0.2) is 0 Å². The van der Waals surface area contributed by atoms with Crippen LogP contribution in [0.3, 0.4) is 0 Å². The molecule has 29 heavy (non-hydrogen) atoms. The molecule has 0 saturated carbocycles. The van der Waals surface area contributed by atoms with E-state index >= 15 is 0 Å². The zero-order chi connectivity index (χ0) is 21.7. The molecule has 0 radical (unpaired) electrons. The van der Waals surface area contributed by atoms with Gasteiger partial charge >= 0.3 is 5.97 Å². The molecule has 0 aliphatic carbocycles. The van der Waals surface area contributed by atoms with E-state index in [-0.39, 0.29) is 12.0 Å². The van der Waals surface area contributed by atoms with Crippen LogP contribution in [0.4, 0.5) is 0 Å². The van der Waals surface area contributed by atoms with Gasteiger partial charge in [-0.15, -0.1) is 0 Å². The normalized spacial score (nSPS) is 17.7. The Morgan fingerprint density at radius 2 is 1.90 bits per heavy atom. The third-order valence-electron chi connectivity index (χ3n) is 4.36. The van der Waals surface area contributed by atoms with Gasteiger partial charge < -0.3 is 9.47 Å². The molecular formula is C23H37N3O3. The number of piperazine rings is 1. The Morgan fingerprint density at radius 3 is 2.52 bits per heavy atom. The molecule has 1 aromatic carbocycles. The smallest absolute Gasteiger partial charge is 0.320 e. The van der Waals surface area contributed by atoms with Gasteiger partial charge in [-0.2, -0.15) is 5.26 Å². The molecule has 0 N–H and O–H groups in total. The molecule has 162 valence electrons. The van der Waals surface area contributed by atoms with Gasteiger partial charge in [-0.25, -0.2) is 0 Å². The molecule has 1 aromatic rings. The summed E-state index contributed by atoms with van der Waals surface area (Å²) in [6, 6.07) is 12.6. The lowest BCUT2D eigenvalue weighted by molar-refractivity contribution is -0.157. The number of ether oxygens (including phenoxy) is 2. The third kappa shape index (κ3) is 10.4. The standard InChI is InChI=1S/C21H31N3O3.C2H6/c1-21(2,3)27-20(25)16-23-11-12-24(14-18-8-5-4-6-9-18)19(15-23)17-26-13-7-10-22;1-2/h4-6,8-9,19H,7,11-17H2,1-3H3;1-2H3. The second-order valence-electron chi connectivity index (χ2n) is 7.91. The van der Waals surface area contributed by atoms with E-state index in [9.17, 15) is 4.79 Å². The Hall–Kier alpha value is -1.94. The van der Waals surface area contributed by atoms with E-state index in [1.807, 2.05) is 52.8 Å². The highest BCUT2D eigenvalue weighted by atomic mass is 16.6. The van der Waals surface area contributed by atoms with Crippen molar-refractivity contribution in [2.45, 2.75) is 59.2 Å².